The Hall–Kier alpha value is -4.96. The van der Waals surface area contributed by atoms with Crippen molar-refractivity contribution in [3.05, 3.63) is 101 Å². The topological polar surface area (TPSA) is 140 Å². The number of aryl methyl sites for hydroxylation is 1. The maximum absolute atomic E-state index is 13.5. The highest BCUT2D eigenvalue weighted by Crippen LogP contribution is 2.57. The first-order chi connectivity index (χ1) is 22.2. The molecule has 2 heterocycles. The summed E-state index contributed by atoms with van der Waals surface area (Å²) < 4.78 is 7.81. The molecule has 1 aliphatic carbocycles. The second-order valence-electron chi connectivity index (χ2n) is 12.2. The molecule has 2 aliphatic rings. The highest BCUT2D eigenvalue weighted by molar-refractivity contribution is 5.97. The summed E-state index contributed by atoms with van der Waals surface area (Å²) in [6, 6.07) is 18.0. The highest BCUT2D eigenvalue weighted by Gasteiger charge is 2.47. The predicted molar refractivity (Wildman–Crippen MR) is 175 cm³/mol. The van der Waals surface area contributed by atoms with Crippen LogP contribution in [0.3, 0.4) is 0 Å². The number of carbonyl (C=O) groups is 3. The number of anilines is 1. The van der Waals surface area contributed by atoms with Gasteiger partial charge in [-0.2, -0.15) is 5.10 Å². The number of nitrogens with one attached hydrogen (secondary N) is 1. The van der Waals surface area contributed by atoms with E-state index in [2.05, 4.69) is 42.5 Å². The van der Waals surface area contributed by atoms with E-state index in [1.165, 1.54) is 11.1 Å². The molecular weight excluding hydrogens is 582 g/mol. The van der Waals surface area contributed by atoms with Gasteiger partial charge in [-0.25, -0.2) is 4.79 Å². The lowest BCUT2D eigenvalue weighted by atomic mass is 9.92. The van der Waals surface area contributed by atoms with Crippen LogP contribution in [0.1, 0.15) is 57.8 Å². The number of amides is 2. The van der Waals surface area contributed by atoms with E-state index in [0.29, 0.717) is 43.4 Å². The van der Waals surface area contributed by atoms with Crippen molar-refractivity contribution < 1.29 is 24.2 Å². The average Bonchev–Trinajstić information content (AvgIpc) is 3.70. The molecule has 3 atom stereocenters. The zero-order valence-electron chi connectivity index (χ0n) is 26.1. The smallest absolute Gasteiger partial charge is 0.327 e. The first kappa shape index (κ1) is 31.0. The van der Waals surface area contributed by atoms with Crippen LogP contribution in [-0.4, -0.2) is 58.4 Å². The first-order valence-electron chi connectivity index (χ1n) is 15.7. The number of aliphatic carboxylic acids is 1. The van der Waals surface area contributed by atoms with Gasteiger partial charge in [0.1, 0.15) is 11.8 Å². The van der Waals surface area contributed by atoms with E-state index in [-0.39, 0.29) is 12.5 Å². The molecule has 3 aromatic carbocycles. The van der Waals surface area contributed by atoms with E-state index in [1.54, 1.807) is 18.2 Å². The Morgan fingerprint density at radius 3 is 2.72 bits per heavy atom. The van der Waals surface area contributed by atoms with Crippen LogP contribution in [0, 0.1) is 19.8 Å². The molecule has 0 radical (unpaired) electrons. The SMILES string of the molecule is Cc1cccc(OCCCC(=O)N2C[C@@H]3C[C@@H]3c3c(-c4cnn(Cc5cccc(C(=O)NC(CN)C(=O)O)c5)c4)cccc32)c1C. The molecule has 2 amide bonds. The molecule has 0 bridgehead atoms. The summed E-state index contributed by atoms with van der Waals surface area (Å²) in [5, 5.41) is 16.3. The van der Waals surface area contributed by atoms with Crippen molar-refractivity contribution in [1.82, 2.24) is 15.1 Å². The molecule has 46 heavy (non-hydrogen) atoms. The summed E-state index contributed by atoms with van der Waals surface area (Å²) in [6.45, 7) is 5.59. The van der Waals surface area contributed by atoms with Crippen molar-refractivity contribution in [2.45, 2.75) is 51.6 Å². The van der Waals surface area contributed by atoms with Crippen LogP contribution in [0.2, 0.25) is 0 Å². The number of fused-ring (bicyclic) bond motifs is 3. The molecule has 1 aliphatic heterocycles. The van der Waals surface area contributed by atoms with Gasteiger partial charge in [-0.1, -0.05) is 36.4 Å². The lowest BCUT2D eigenvalue weighted by molar-refractivity contribution is -0.139. The van der Waals surface area contributed by atoms with Gasteiger partial charge in [-0.15, -0.1) is 0 Å². The van der Waals surface area contributed by atoms with Crippen molar-refractivity contribution in [3.63, 3.8) is 0 Å². The van der Waals surface area contributed by atoms with Crippen molar-refractivity contribution in [1.29, 1.82) is 0 Å². The molecule has 1 unspecified atom stereocenters. The zero-order valence-corrected chi connectivity index (χ0v) is 26.1. The van der Waals surface area contributed by atoms with E-state index in [1.807, 2.05) is 46.2 Å². The van der Waals surface area contributed by atoms with Gasteiger partial charge < -0.3 is 25.8 Å². The number of carboxylic acid groups (broad SMARTS) is 1. The Kier molecular flexibility index (Phi) is 8.90. The Morgan fingerprint density at radius 2 is 1.91 bits per heavy atom. The minimum atomic E-state index is -1.18. The summed E-state index contributed by atoms with van der Waals surface area (Å²) in [6.07, 6.45) is 5.96. The minimum Gasteiger partial charge on any atom is -0.493 e. The molecule has 10 heteroatoms. The van der Waals surface area contributed by atoms with Crippen LogP contribution in [-0.2, 0) is 16.1 Å². The van der Waals surface area contributed by atoms with E-state index in [0.717, 1.165) is 46.7 Å². The second-order valence-corrected chi connectivity index (χ2v) is 12.2. The monoisotopic (exact) mass is 621 g/mol. The average molecular weight is 622 g/mol. The van der Waals surface area contributed by atoms with E-state index in [4.69, 9.17) is 10.5 Å². The maximum atomic E-state index is 13.5. The molecule has 0 saturated heterocycles. The highest BCUT2D eigenvalue weighted by atomic mass is 16.5. The number of rotatable bonds is 12. The predicted octanol–water partition coefficient (Wildman–Crippen LogP) is 4.67. The standard InChI is InChI=1S/C36H39N5O5/c1-22-7-3-12-32(23(22)2)46-14-6-13-33(42)41-21-26-16-29(26)34-28(10-5-11-31(34)41)27-18-38-40(20-27)19-24-8-4-9-25(15-24)35(43)39-30(17-37)36(44)45/h3-5,7-12,15,18,20,26,29-30H,6,13-14,16-17,19,21,37H2,1-2H3,(H,39,43)(H,44,45)/t26-,29-,30?/m0/s1. The van der Waals surface area contributed by atoms with Crippen LogP contribution in [0.4, 0.5) is 5.69 Å². The number of benzene rings is 3. The number of carboxylic acids is 1. The van der Waals surface area contributed by atoms with Crippen molar-refractivity contribution in [2.75, 3.05) is 24.6 Å². The van der Waals surface area contributed by atoms with E-state index < -0.39 is 17.9 Å². The number of hydrogen-bond donors (Lipinski definition) is 3. The number of carbonyl (C=O) groups excluding carboxylic acids is 2. The van der Waals surface area contributed by atoms with Crippen molar-refractivity contribution >= 4 is 23.5 Å². The molecule has 1 aromatic heterocycles. The third kappa shape index (κ3) is 6.53. The summed E-state index contributed by atoms with van der Waals surface area (Å²) >= 11 is 0. The van der Waals surface area contributed by atoms with Gasteiger partial charge in [-0.05, 0) is 90.6 Å². The lowest BCUT2D eigenvalue weighted by Gasteiger charge is -2.30. The summed E-state index contributed by atoms with van der Waals surface area (Å²) in [4.78, 5) is 39.4. The molecule has 1 fully saturated rings. The molecule has 10 nitrogen and oxygen atoms in total. The molecule has 238 valence electrons. The van der Waals surface area contributed by atoms with Crippen molar-refractivity contribution in [3.8, 4) is 16.9 Å². The van der Waals surface area contributed by atoms with E-state index >= 15 is 0 Å². The zero-order chi connectivity index (χ0) is 32.4. The molecule has 4 N–H and O–H groups in total. The number of hydrogen-bond acceptors (Lipinski definition) is 6. The minimum absolute atomic E-state index is 0.120. The maximum Gasteiger partial charge on any atom is 0.327 e. The third-order valence-corrected chi connectivity index (χ3v) is 9.05. The summed E-state index contributed by atoms with van der Waals surface area (Å²) in [5.41, 5.74) is 13.2. The number of nitrogens with two attached hydrogens (primary N) is 1. The van der Waals surface area contributed by atoms with Crippen LogP contribution < -0.4 is 20.7 Å². The van der Waals surface area contributed by atoms with Crippen LogP contribution in [0.15, 0.2) is 73.1 Å². The molecule has 0 spiro atoms. The van der Waals surface area contributed by atoms with Gasteiger partial charge >= 0.3 is 5.97 Å². The molecule has 4 aromatic rings. The number of aromatic nitrogens is 2. The van der Waals surface area contributed by atoms with Gasteiger partial charge in [0.05, 0.1) is 19.3 Å². The fraction of sp³-hybridized carbons (Fsp3) is 0.333. The van der Waals surface area contributed by atoms with Gasteiger partial charge in [-0.3, -0.25) is 14.3 Å². The van der Waals surface area contributed by atoms with Gasteiger partial charge in [0, 0.05) is 42.5 Å². The second kappa shape index (κ2) is 13.2. The van der Waals surface area contributed by atoms with Gasteiger partial charge in [0.2, 0.25) is 5.91 Å². The Labute approximate surface area is 268 Å². The fourth-order valence-corrected chi connectivity index (χ4v) is 6.27. The van der Waals surface area contributed by atoms with E-state index in [9.17, 15) is 19.5 Å². The first-order valence-corrected chi connectivity index (χ1v) is 15.7. The van der Waals surface area contributed by atoms with Crippen LogP contribution in [0.25, 0.3) is 11.1 Å². The van der Waals surface area contributed by atoms with Crippen LogP contribution in [0.5, 0.6) is 5.75 Å². The fourth-order valence-electron chi connectivity index (χ4n) is 6.27. The van der Waals surface area contributed by atoms with Crippen molar-refractivity contribution in [2.24, 2.45) is 11.7 Å². The largest absolute Gasteiger partial charge is 0.493 e. The molecular formula is C36H39N5O5. The third-order valence-electron chi connectivity index (χ3n) is 9.05. The number of nitrogens with zero attached hydrogens (tertiary/aromatic N) is 3. The molecule has 6 rings (SSSR count). The Balaban J connectivity index is 1.13. The molecule has 1 saturated carbocycles. The Bertz CT molecular complexity index is 1780. The Morgan fingerprint density at radius 1 is 1.11 bits per heavy atom. The summed E-state index contributed by atoms with van der Waals surface area (Å²) in [7, 11) is 0. The summed E-state index contributed by atoms with van der Waals surface area (Å²) in [5.74, 6) is 0.217. The van der Waals surface area contributed by atoms with Gasteiger partial charge in [0.15, 0.2) is 0 Å². The quantitative estimate of drug-likeness (QED) is 0.196. The van der Waals surface area contributed by atoms with Crippen LogP contribution >= 0.6 is 0 Å². The van der Waals surface area contributed by atoms with Gasteiger partial charge in [0.25, 0.3) is 5.91 Å². The normalized spacial score (nSPS) is 17.1. The number of ether oxygens (including phenoxy) is 1. The lowest BCUT2D eigenvalue weighted by Crippen LogP contribution is -2.45.